The number of nitro benzene ring substituents is 1. The number of aryl methyl sites for hydroxylation is 1. The van der Waals surface area contributed by atoms with Gasteiger partial charge in [-0.3, -0.25) is 14.9 Å². The van der Waals surface area contributed by atoms with E-state index in [0.717, 1.165) is 21.3 Å². The molecule has 0 radical (unpaired) electrons. The zero-order chi connectivity index (χ0) is 18.6. The number of nitrogen functional groups attached to an aromatic ring is 1. The summed E-state index contributed by atoms with van der Waals surface area (Å²) in [6, 6.07) is 8.89. The Morgan fingerprint density at radius 1 is 1.28 bits per heavy atom. The molecule has 0 aliphatic heterocycles. The Morgan fingerprint density at radius 3 is 2.60 bits per heavy atom. The Labute approximate surface area is 156 Å². The summed E-state index contributed by atoms with van der Waals surface area (Å²) in [6.07, 6.45) is 0. The molecule has 0 aromatic heterocycles. The Morgan fingerprint density at radius 2 is 2.00 bits per heavy atom. The zero-order valence-corrected chi connectivity index (χ0v) is 15.3. The van der Waals surface area contributed by atoms with Gasteiger partial charge in [0, 0.05) is 21.4 Å². The molecule has 25 heavy (non-hydrogen) atoms. The van der Waals surface area contributed by atoms with Crippen LogP contribution in [-0.4, -0.2) is 23.4 Å². The predicted octanol–water partition coefficient (Wildman–Crippen LogP) is 2.89. The van der Waals surface area contributed by atoms with Gasteiger partial charge in [-0.05, 0) is 59.3 Å². The van der Waals surface area contributed by atoms with Crippen molar-refractivity contribution in [1.29, 1.82) is 0 Å². The molecule has 0 atom stereocenters. The summed E-state index contributed by atoms with van der Waals surface area (Å²) in [5.74, 6) is -1.33. The van der Waals surface area contributed by atoms with Crippen LogP contribution in [0.15, 0.2) is 36.4 Å². The molecule has 0 fully saturated rings. The van der Waals surface area contributed by atoms with Gasteiger partial charge in [0.1, 0.15) is 0 Å². The molecule has 2 rings (SSSR count). The lowest BCUT2D eigenvalue weighted by atomic mass is 10.1. The molecule has 0 unspecified atom stereocenters. The van der Waals surface area contributed by atoms with Crippen molar-refractivity contribution in [2.45, 2.75) is 6.92 Å². The van der Waals surface area contributed by atoms with Gasteiger partial charge in [-0.15, -0.1) is 0 Å². The number of anilines is 2. The molecule has 3 N–H and O–H groups in total. The second kappa shape index (κ2) is 7.92. The summed E-state index contributed by atoms with van der Waals surface area (Å²) in [6.45, 7) is 1.35. The fourth-order valence-electron chi connectivity index (χ4n) is 2.01. The van der Waals surface area contributed by atoms with Crippen LogP contribution in [0.25, 0.3) is 0 Å². The SMILES string of the molecule is Cc1cc(I)ccc1NC(=O)COC(=O)c1ccc([N+](=O)[O-])cc1N. The Balaban J connectivity index is 1.97. The Hall–Kier alpha value is -2.69. The largest absolute Gasteiger partial charge is 0.452 e. The monoisotopic (exact) mass is 455 g/mol. The van der Waals surface area contributed by atoms with Crippen molar-refractivity contribution < 1.29 is 19.2 Å². The number of non-ortho nitro benzene ring substituents is 1. The van der Waals surface area contributed by atoms with E-state index in [1.807, 2.05) is 19.1 Å². The standard InChI is InChI=1S/C16H14IN3O5/c1-9-6-10(17)2-5-14(9)19-15(21)8-25-16(22)12-4-3-11(20(23)24)7-13(12)18/h2-7H,8,18H2,1H3,(H,19,21). The number of benzene rings is 2. The van der Waals surface area contributed by atoms with Crippen molar-refractivity contribution in [3.63, 3.8) is 0 Å². The van der Waals surface area contributed by atoms with E-state index >= 15 is 0 Å². The fraction of sp³-hybridized carbons (Fsp3) is 0.125. The summed E-state index contributed by atoms with van der Waals surface area (Å²) in [5.41, 5.74) is 6.76. The molecule has 2 aromatic rings. The summed E-state index contributed by atoms with van der Waals surface area (Å²) >= 11 is 2.16. The van der Waals surface area contributed by atoms with Crippen molar-refractivity contribution in [3.8, 4) is 0 Å². The van der Waals surface area contributed by atoms with Gasteiger partial charge in [0.25, 0.3) is 11.6 Å². The first-order chi connectivity index (χ1) is 11.8. The van der Waals surface area contributed by atoms with Crippen LogP contribution in [0.2, 0.25) is 0 Å². The normalized spacial score (nSPS) is 10.2. The summed E-state index contributed by atoms with van der Waals surface area (Å²) < 4.78 is 5.94. The number of carbonyl (C=O) groups excluding carboxylic acids is 2. The third-order valence-electron chi connectivity index (χ3n) is 3.26. The molecule has 8 nitrogen and oxygen atoms in total. The minimum atomic E-state index is -0.832. The van der Waals surface area contributed by atoms with Crippen LogP contribution in [0.3, 0.4) is 0 Å². The number of amides is 1. The molecule has 130 valence electrons. The van der Waals surface area contributed by atoms with Crippen molar-refractivity contribution in [1.82, 2.24) is 0 Å². The van der Waals surface area contributed by atoms with Gasteiger partial charge in [-0.25, -0.2) is 4.79 Å². The predicted molar refractivity (Wildman–Crippen MR) is 100 cm³/mol. The molecule has 0 spiro atoms. The number of nitrogens with two attached hydrogens (primary N) is 1. The lowest BCUT2D eigenvalue weighted by molar-refractivity contribution is -0.384. The molecular formula is C16H14IN3O5. The molecule has 0 heterocycles. The molecule has 0 aliphatic carbocycles. The third-order valence-corrected chi connectivity index (χ3v) is 3.93. The van der Waals surface area contributed by atoms with Crippen molar-refractivity contribution in [3.05, 3.63) is 61.2 Å². The van der Waals surface area contributed by atoms with Crippen LogP contribution >= 0.6 is 22.6 Å². The summed E-state index contributed by atoms with van der Waals surface area (Å²) in [4.78, 5) is 33.9. The second-order valence-corrected chi connectivity index (χ2v) is 6.36. The third kappa shape index (κ3) is 4.89. The number of nitrogens with one attached hydrogen (secondary N) is 1. The van der Waals surface area contributed by atoms with Crippen molar-refractivity contribution in [2.75, 3.05) is 17.7 Å². The van der Waals surface area contributed by atoms with E-state index in [1.54, 1.807) is 6.07 Å². The number of hydrogen-bond donors (Lipinski definition) is 2. The van der Waals surface area contributed by atoms with E-state index in [1.165, 1.54) is 6.07 Å². The van der Waals surface area contributed by atoms with Crippen LogP contribution in [0.4, 0.5) is 17.1 Å². The van der Waals surface area contributed by atoms with Gasteiger partial charge in [0.05, 0.1) is 16.2 Å². The number of ether oxygens (including phenoxy) is 1. The van der Waals surface area contributed by atoms with Crippen LogP contribution in [0.5, 0.6) is 0 Å². The van der Waals surface area contributed by atoms with E-state index in [4.69, 9.17) is 10.5 Å². The Bertz CT molecular complexity index is 854. The van der Waals surface area contributed by atoms with Crippen molar-refractivity contribution >= 4 is 51.5 Å². The number of nitrogens with zero attached hydrogens (tertiary/aromatic N) is 1. The highest BCUT2D eigenvalue weighted by molar-refractivity contribution is 14.1. The lowest BCUT2D eigenvalue weighted by Crippen LogP contribution is -2.21. The van der Waals surface area contributed by atoms with Crippen molar-refractivity contribution in [2.24, 2.45) is 0 Å². The summed E-state index contributed by atoms with van der Waals surface area (Å²) in [7, 11) is 0. The quantitative estimate of drug-likeness (QED) is 0.235. The zero-order valence-electron chi connectivity index (χ0n) is 13.1. The van der Waals surface area contributed by atoms with Crippen LogP contribution < -0.4 is 11.1 Å². The number of hydrogen-bond acceptors (Lipinski definition) is 6. The maximum atomic E-state index is 12.0. The molecule has 0 aliphatic rings. The first-order valence-electron chi connectivity index (χ1n) is 7.05. The van der Waals surface area contributed by atoms with Gasteiger partial charge in [0.15, 0.2) is 6.61 Å². The van der Waals surface area contributed by atoms with Gasteiger partial charge < -0.3 is 15.8 Å². The van der Waals surface area contributed by atoms with E-state index in [0.29, 0.717) is 5.69 Å². The van der Waals surface area contributed by atoms with Crippen LogP contribution in [0.1, 0.15) is 15.9 Å². The number of nitro groups is 1. The van der Waals surface area contributed by atoms with E-state index in [2.05, 4.69) is 27.9 Å². The fourth-order valence-corrected chi connectivity index (χ4v) is 2.66. The number of rotatable bonds is 5. The minimum absolute atomic E-state index is 0.0381. The highest BCUT2D eigenvalue weighted by Gasteiger charge is 2.17. The molecule has 0 saturated heterocycles. The van der Waals surface area contributed by atoms with Crippen LogP contribution in [0, 0.1) is 20.6 Å². The molecule has 0 saturated carbocycles. The maximum absolute atomic E-state index is 12.0. The van der Waals surface area contributed by atoms with E-state index < -0.39 is 23.4 Å². The molecule has 0 bridgehead atoms. The average molecular weight is 455 g/mol. The second-order valence-electron chi connectivity index (χ2n) is 5.11. The van der Waals surface area contributed by atoms with Gasteiger partial charge in [-0.1, -0.05) is 0 Å². The molecule has 1 amide bonds. The van der Waals surface area contributed by atoms with Gasteiger partial charge in [0.2, 0.25) is 0 Å². The highest BCUT2D eigenvalue weighted by Crippen LogP contribution is 2.21. The van der Waals surface area contributed by atoms with E-state index in [-0.39, 0.29) is 16.9 Å². The number of esters is 1. The lowest BCUT2D eigenvalue weighted by Gasteiger charge is -2.10. The van der Waals surface area contributed by atoms with Gasteiger partial charge >= 0.3 is 5.97 Å². The van der Waals surface area contributed by atoms with Crippen LogP contribution in [-0.2, 0) is 9.53 Å². The molecule has 9 heteroatoms. The maximum Gasteiger partial charge on any atom is 0.340 e. The highest BCUT2D eigenvalue weighted by atomic mass is 127. The number of carbonyl (C=O) groups is 2. The minimum Gasteiger partial charge on any atom is -0.452 e. The topological polar surface area (TPSA) is 125 Å². The average Bonchev–Trinajstić information content (AvgIpc) is 2.55. The first-order valence-corrected chi connectivity index (χ1v) is 8.13. The Kier molecular flexibility index (Phi) is 5.91. The molecule has 2 aromatic carbocycles. The number of halogens is 1. The van der Waals surface area contributed by atoms with Gasteiger partial charge in [-0.2, -0.15) is 0 Å². The molecular weight excluding hydrogens is 441 g/mol. The first kappa shape index (κ1) is 18.6. The van der Waals surface area contributed by atoms with E-state index in [9.17, 15) is 19.7 Å². The summed E-state index contributed by atoms with van der Waals surface area (Å²) in [5, 5.41) is 13.3. The smallest absolute Gasteiger partial charge is 0.340 e.